The SMILES string of the molecule is CCCN(CC)c1ccc(C(=O)N(CC(=O)O)C(C)C)cn1. The number of carboxylic acids is 1. The largest absolute Gasteiger partial charge is 0.480 e. The minimum absolute atomic E-state index is 0.185. The zero-order valence-corrected chi connectivity index (χ0v) is 13.7. The molecular formula is C16H25N3O3. The highest BCUT2D eigenvalue weighted by molar-refractivity contribution is 5.95. The highest BCUT2D eigenvalue weighted by Crippen LogP contribution is 2.14. The molecule has 0 radical (unpaired) electrons. The van der Waals surface area contributed by atoms with Gasteiger partial charge in [-0.1, -0.05) is 6.92 Å². The number of pyridine rings is 1. The monoisotopic (exact) mass is 307 g/mol. The average Bonchev–Trinajstić information content (AvgIpc) is 2.49. The fraction of sp³-hybridized carbons (Fsp3) is 0.562. The average molecular weight is 307 g/mol. The third-order valence-corrected chi connectivity index (χ3v) is 3.38. The van der Waals surface area contributed by atoms with E-state index in [0.717, 1.165) is 25.3 Å². The number of carbonyl (C=O) groups excluding carboxylic acids is 1. The van der Waals surface area contributed by atoms with Crippen LogP contribution in [0.1, 0.15) is 44.5 Å². The van der Waals surface area contributed by atoms with Crippen LogP contribution < -0.4 is 4.90 Å². The number of nitrogens with zero attached hydrogens (tertiary/aromatic N) is 3. The van der Waals surface area contributed by atoms with Crippen LogP contribution in [0.25, 0.3) is 0 Å². The second kappa shape index (κ2) is 8.36. The third kappa shape index (κ3) is 4.72. The van der Waals surface area contributed by atoms with Crippen LogP contribution in [-0.2, 0) is 4.79 Å². The highest BCUT2D eigenvalue weighted by atomic mass is 16.4. The molecule has 0 aliphatic rings. The molecule has 22 heavy (non-hydrogen) atoms. The summed E-state index contributed by atoms with van der Waals surface area (Å²) in [6.07, 6.45) is 2.54. The maximum Gasteiger partial charge on any atom is 0.323 e. The van der Waals surface area contributed by atoms with Crippen molar-refractivity contribution in [2.75, 3.05) is 24.5 Å². The molecule has 1 heterocycles. The van der Waals surface area contributed by atoms with Gasteiger partial charge < -0.3 is 14.9 Å². The molecule has 1 N–H and O–H groups in total. The van der Waals surface area contributed by atoms with Crippen molar-refractivity contribution in [3.05, 3.63) is 23.9 Å². The molecular weight excluding hydrogens is 282 g/mol. The molecule has 0 aromatic carbocycles. The van der Waals surface area contributed by atoms with Crippen molar-refractivity contribution in [3.8, 4) is 0 Å². The van der Waals surface area contributed by atoms with E-state index in [-0.39, 0.29) is 18.5 Å². The molecule has 122 valence electrons. The van der Waals surface area contributed by atoms with Gasteiger partial charge in [0.1, 0.15) is 12.4 Å². The fourth-order valence-corrected chi connectivity index (χ4v) is 2.20. The molecule has 0 spiro atoms. The number of hydrogen-bond donors (Lipinski definition) is 1. The Morgan fingerprint density at radius 3 is 2.36 bits per heavy atom. The van der Waals surface area contributed by atoms with Gasteiger partial charge in [0.15, 0.2) is 0 Å². The van der Waals surface area contributed by atoms with Crippen LogP contribution in [0.2, 0.25) is 0 Å². The molecule has 0 aliphatic heterocycles. The molecule has 0 bridgehead atoms. The van der Waals surface area contributed by atoms with Gasteiger partial charge in [-0.05, 0) is 39.3 Å². The van der Waals surface area contributed by atoms with Gasteiger partial charge in [-0.2, -0.15) is 0 Å². The van der Waals surface area contributed by atoms with Gasteiger partial charge in [-0.15, -0.1) is 0 Å². The lowest BCUT2D eigenvalue weighted by atomic mass is 10.2. The van der Waals surface area contributed by atoms with Crippen molar-refractivity contribution in [2.45, 2.75) is 40.2 Å². The van der Waals surface area contributed by atoms with Crippen molar-refractivity contribution in [3.63, 3.8) is 0 Å². The Morgan fingerprint density at radius 1 is 1.27 bits per heavy atom. The van der Waals surface area contributed by atoms with Gasteiger partial charge in [0.2, 0.25) is 0 Å². The van der Waals surface area contributed by atoms with Crippen molar-refractivity contribution in [1.29, 1.82) is 0 Å². The Balaban J connectivity index is 2.92. The van der Waals surface area contributed by atoms with E-state index >= 15 is 0 Å². The molecule has 1 amide bonds. The molecule has 0 fully saturated rings. The molecule has 1 aromatic rings. The maximum atomic E-state index is 12.4. The normalized spacial score (nSPS) is 10.6. The predicted octanol–water partition coefficient (Wildman–Crippen LogP) is 2.25. The Morgan fingerprint density at radius 2 is 1.95 bits per heavy atom. The molecule has 1 rings (SSSR count). The van der Waals surface area contributed by atoms with Gasteiger partial charge in [-0.25, -0.2) is 4.98 Å². The van der Waals surface area contributed by atoms with Crippen LogP contribution in [0, 0.1) is 0 Å². The Labute approximate surface area is 131 Å². The number of aromatic nitrogens is 1. The molecule has 0 saturated heterocycles. The van der Waals surface area contributed by atoms with Crippen molar-refractivity contribution in [1.82, 2.24) is 9.88 Å². The van der Waals surface area contributed by atoms with E-state index in [4.69, 9.17) is 5.11 Å². The first-order chi connectivity index (χ1) is 10.4. The minimum Gasteiger partial charge on any atom is -0.480 e. The van der Waals surface area contributed by atoms with Crippen molar-refractivity contribution in [2.24, 2.45) is 0 Å². The summed E-state index contributed by atoms with van der Waals surface area (Å²) in [4.78, 5) is 31.1. The van der Waals surface area contributed by atoms with Crippen LogP contribution in [0.3, 0.4) is 0 Å². The number of hydrogen-bond acceptors (Lipinski definition) is 4. The van der Waals surface area contributed by atoms with E-state index < -0.39 is 5.97 Å². The Kier molecular flexibility index (Phi) is 6.82. The third-order valence-electron chi connectivity index (χ3n) is 3.38. The summed E-state index contributed by atoms with van der Waals surface area (Å²) in [5.74, 6) is -0.503. The highest BCUT2D eigenvalue weighted by Gasteiger charge is 2.21. The summed E-state index contributed by atoms with van der Waals surface area (Å²) in [5, 5.41) is 8.92. The first-order valence-corrected chi connectivity index (χ1v) is 7.64. The van der Waals surface area contributed by atoms with Crippen LogP contribution in [-0.4, -0.2) is 52.5 Å². The summed E-state index contributed by atoms with van der Waals surface area (Å²) in [6, 6.07) is 3.34. The van der Waals surface area contributed by atoms with Crippen LogP contribution >= 0.6 is 0 Å². The van der Waals surface area contributed by atoms with Gasteiger partial charge in [0, 0.05) is 25.3 Å². The van der Waals surface area contributed by atoms with Gasteiger partial charge in [0.05, 0.1) is 5.56 Å². The molecule has 0 saturated carbocycles. The Bertz CT molecular complexity index is 500. The van der Waals surface area contributed by atoms with E-state index in [9.17, 15) is 9.59 Å². The van der Waals surface area contributed by atoms with Crippen molar-refractivity contribution < 1.29 is 14.7 Å². The first kappa shape index (κ1) is 17.9. The first-order valence-electron chi connectivity index (χ1n) is 7.64. The lowest BCUT2D eigenvalue weighted by molar-refractivity contribution is -0.138. The molecule has 1 aromatic heterocycles. The number of amides is 1. The summed E-state index contributed by atoms with van der Waals surface area (Å²) in [6.45, 7) is 9.20. The number of rotatable bonds is 8. The zero-order chi connectivity index (χ0) is 16.7. The van der Waals surface area contributed by atoms with Gasteiger partial charge in [0.25, 0.3) is 5.91 Å². The fourth-order valence-electron chi connectivity index (χ4n) is 2.20. The van der Waals surface area contributed by atoms with Gasteiger partial charge in [-0.3, -0.25) is 9.59 Å². The standard InChI is InChI=1S/C16H25N3O3/c1-5-9-18(6-2)14-8-7-13(10-17-14)16(22)19(12(3)4)11-15(20)21/h7-8,10,12H,5-6,9,11H2,1-4H3,(H,20,21). The zero-order valence-electron chi connectivity index (χ0n) is 13.7. The van der Waals surface area contributed by atoms with Gasteiger partial charge >= 0.3 is 5.97 Å². The van der Waals surface area contributed by atoms with Crippen LogP contribution in [0.5, 0.6) is 0 Å². The lowest BCUT2D eigenvalue weighted by Crippen LogP contribution is -2.40. The molecule has 6 heteroatoms. The summed E-state index contributed by atoms with van der Waals surface area (Å²) in [5.41, 5.74) is 0.409. The van der Waals surface area contributed by atoms with E-state index in [1.807, 2.05) is 6.07 Å². The number of anilines is 1. The van der Waals surface area contributed by atoms with E-state index in [1.54, 1.807) is 19.9 Å². The van der Waals surface area contributed by atoms with E-state index in [1.165, 1.54) is 11.1 Å². The van der Waals surface area contributed by atoms with E-state index in [2.05, 4.69) is 23.7 Å². The quantitative estimate of drug-likeness (QED) is 0.797. The number of carbonyl (C=O) groups is 2. The van der Waals surface area contributed by atoms with Crippen LogP contribution in [0.4, 0.5) is 5.82 Å². The second-order valence-corrected chi connectivity index (χ2v) is 5.41. The smallest absolute Gasteiger partial charge is 0.323 e. The molecule has 6 nitrogen and oxygen atoms in total. The summed E-state index contributed by atoms with van der Waals surface area (Å²) in [7, 11) is 0. The number of aliphatic carboxylic acids is 1. The molecule has 0 aliphatic carbocycles. The van der Waals surface area contributed by atoms with E-state index in [0.29, 0.717) is 5.56 Å². The summed E-state index contributed by atoms with van der Waals surface area (Å²) >= 11 is 0. The second-order valence-electron chi connectivity index (χ2n) is 5.41. The predicted molar refractivity (Wildman–Crippen MR) is 86.2 cm³/mol. The molecule has 0 unspecified atom stereocenters. The Hall–Kier alpha value is -2.11. The van der Waals surface area contributed by atoms with Crippen LogP contribution in [0.15, 0.2) is 18.3 Å². The topological polar surface area (TPSA) is 73.7 Å². The number of carboxylic acid groups (broad SMARTS) is 1. The lowest BCUT2D eigenvalue weighted by Gasteiger charge is -2.25. The van der Waals surface area contributed by atoms with Crippen molar-refractivity contribution >= 4 is 17.7 Å². The molecule has 0 atom stereocenters. The summed E-state index contributed by atoms with van der Waals surface area (Å²) < 4.78 is 0. The minimum atomic E-state index is -1.02. The maximum absolute atomic E-state index is 12.4.